The third kappa shape index (κ3) is 1.82. The highest BCUT2D eigenvalue weighted by Gasteiger charge is 2.06. The number of carboxylic acids is 1. The molecule has 2 aromatic rings. The van der Waals surface area contributed by atoms with E-state index in [0.29, 0.717) is 5.02 Å². The molecule has 0 fully saturated rings. The van der Waals surface area contributed by atoms with Gasteiger partial charge in [-0.3, -0.25) is 0 Å². The molecule has 0 saturated heterocycles. The summed E-state index contributed by atoms with van der Waals surface area (Å²) in [6, 6.07) is 7.53. The first kappa shape index (κ1) is 10.8. The maximum atomic E-state index is 10.4. The van der Waals surface area contributed by atoms with Crippen LogP contribution in [0.2, 0.25) is 5.02 Å². The van der Waals surface area contributed by atoms with Crippen LogP contribution in [-0.2, 0) is 11.8 Å². The Morgan fingerprint density at radius 3 is 2.88 bits per heavy atom. The Labute approximate surface area is 97.6 Å². The molecule has 0 bridgehead atoms. The molecule has 0 saturated carbocycles. The summed E-state index contributed by atoms with van der Waals surface area (Å²) in [5, 5.41) is 10.2. The van der Waals surface area contributed by atoms with Crippen molar-refractivity contribution < 1.29 is 9.90 Å². The number of aliphatic carboxylic acids is 1. The first-order valence-corrected chi connectivity index (χ1v) is 5.12. The van der Waals surface area contributed by atoms with Crippen molar-refractivity contribution in [3.05, 3.63) is 41.1 Å². The van der Waals surface area contributed by atoms with Crippen LogP contribution in [0.1, 0.15) is 5.69 Å². The van der Waals surface area contributed by atoms with E-state index in [4.69, 9.17) is 16.7 Å². The zero-order chi connectivity index (χ0) is 11.7. The molecule has 1 aromatic heterocycles. The molecule has 1 N–H and O–H groups in total. The number of para-hydroxylation sites is 1. The molecular weight excluding hydrogens is 226 g/mol. The Kier molecular flexibility index (Phi) is 2.71. The fourth-order valence-electron chi connectivity index (χ4n) is 1.70. The van der Waals surface area contributed by atoms with E-state index < -0.39 is 5.97 Å². The summed E-state index contributed by atoms with van der Waals surface area (Å²) in [7, 11) is 1.86. The molecule has 0 aliphatic heterocycles. The summed E-state index contributed by atoms with van der Waals surface area (Å²) in [6.07, 6.45) is 2.67. The van der Waals surface area contributed by atoms with Gasteiger partial charge in [-0.25, -0.2) is 4.79 Å². The van der Waals surface area contributed by atoms with E-state index in [1.54, 1.807) is 6.08 Å². The monoisotopic (exact) mass is 235 g/mol. The van der Waals surface area contributed by atoms with Crippen molar-refractivity contribution in [2.24, 2.45) is 7.05 Å². The Morgan fingerprint density at radius 2 is 2.25 bits per heavy atom. The van der Waals surface area contributed by atoms with Crippen LogP contribution in [0, 0.1) is 0 Å². The molecule has 0 unspecified atom stereocenters. The van der Waals surface area contributed by atoms with Gasteiger partial charge in [-0.15, -0.1) is 0 Å². The molecule has 1 aromatic carbocycles. The smallest absolute Gasteiger partial charge is 0.328 e. The number of halogens is 1. The van der Waals surface area contributed by atoms with Gasteiger partial charge in [-0.2, -0.15) is 0 Å². The maximum Gasteiger partial charge on any atom is 0.328 e. The Hall–Kier alpha value is -1.74. The lowest BCUT2D eigenvalue weighted by Crippen LogP contribution is -1.92. The summed E-state index contributed by atoms with van der Waals surface area (Å²) in [5.41, 5.74) is 1.72. The molecule has 0 atom stereocenters. The first-order valence-electron chi connectivity index (χ1n) is 4.74. The van der Waals surface area contributed by atoms with Gasteiger partial charge in [0, 0.05) is 24.2 Å². The van der Waals surface area contributed by atoms with Crippen molar-refractivity contribution in [3.63, 3.8) is 0 Å². The fraction of sp³-hybridized carbons (Fsp3) is 0.0833. The van der Waals surface area contributed by atoms with Crippen molar-refractivity contribution in [3.8, 4) is 0 Å². The minimum absolute atomic E-state index is 0.662. The van der Waals surface area contributed by atoms with Gasteiger partial charge in [0.15, 0.2) is 0 Å². The largest absolute Gasteiger partial charge is 0.478 e. The number of benzene rings is 1. The van der Waals surface area contributed by atoms with Gasteiger partial charge in [0.2, 0.25) is 0 Å². The van der Waals surface area contributed by atoms with E-state index >= 15 is 0 Å². The van der Waals surface area contributed by atoms with Gasteiger partial charge in [-0.05, 0) is 18.2 Å². The van der Waals surface area contributed by atoms with Crippen LogP contribution >= 0.6 is 11.6 Å². The zero-order valence-corrected chi connectivity index (χ0v) is 9.40. The van der Waals surface area contributed by atoms with E-state index in [1.165, 1.54) is 0 Å². The van der Waals surface area contributed by atoms with Gasteiger partial charge < -0.3 is 9.67 Å². The van der Waals surface area contributed by atoms with E-state index in [9.17, 15) is 4.79 Å². The van der Waals surface area contributed by atoms with Crippen molar-refractivity contribution in [2.75, 3.05) is 0 Å². The lowest BCUT2D eigenvalue weighted by molar-refractivity contribution is -0.131. The maximum absolute atomic E-state index is 10.4. The topological polar surface area (TPSA) is 42.2 Å². The summed E-state index contributed by atoms with van der Waals surface area (Å²) in [6.45, 7) is 0. The van der Waals surface area contributed by atoms with Gasteiger partial charge in [-0.1, -0.05) is 23.7 Å². The summed E-state index contributed by atoms with van der Waals surface area (Å²) in [5.74, 6) is -0.962. The molecule has 82 valence electrons. The predicted molar refractivity (Wildman–Crippen MR) is 64.6 cm³/mol. The SMILES string of the molecule is Cn1c(/C=C/C(=O)O)cc2cccc(Cl)c21. The normalized spacial score (nSPS) is 11.4. The number of hydrogen-bond donors (Lipinski definition) is 1. The molecule has 0 spiro atoms. The third-order valence-electron chi connectivity index (χ3n) is 2.44. The van der Waals surface area contributed by atoms with Crippen LogP contribution in [0.5, 0.6) is 0 Å². The fourth-order valence-corrected chi connectivity index (χ4v) is 2.01. The van der Waals surface area contributed by atoms with Crippen molar-refractivity contribution in [2.45, 2.75) is 0 Å². The Bertz CT molecular complexity index is 584. The van der Waals surface area contributed by atoms with Crippen molar-refractivity contribution >= 4 is 34.5 Å². The van der Waals surface area contributed by atoms with Gasteiger partial charge in [0.05, 0.1) is 10.5 Å². The molecular formula is C12H10ClNO2. The highest BCUT2D eigenvalue weighted by atomic mass is 35.5. The number of carboxylic acid groups (broad SMARTS) is 1. The lowest BCUT2D eigenvalue weighted by atomic mass is 10.2. The second kappa shape index (κ2) is 4.02. The highest BCUT2D eigenvalue weighted by Crippen LogP contribution is 2.26. The highest BCUT2D eigenvalue weighted by molar-refractivity contribution is 6.35. The number of fused-ring (bicyclic) bond motifs is 1. The molecule has 0 aliphatic carbocycles. The van der Waals surface area contributed by atoms with Crippen LogP contribution < -0.4 is 0 Å². The molecule has 4 heteroatoms. The summed E-state index contributed by atoms with van der Waals surface area (Å²) >= 11 is 6.08. The zero-order valence-electron chi connectivity index (χ0n) is 8.64. The molecule has 1 heterocycles. The Balaban J connectivity index is 2.61. The number of carbonyl (C=O) groups is 1. The average molecular weight is 236 g/mol. The van der Waals surface area contributed by atoms with Gasteiger partial charge >= 0.3 is 5.97 Å². The van der Waals surface area contributed by atoms with Crippen LogP contribution in [0.3, 0.4) is 0 Å². The molecule has 0 radical (unpaired) electrons. The lowest BCUT2D eigenvalue weighted by Gasteiger charge is -2.00. The second-order valence-corrected chi connectivity index (χ2v) is 3.88. The van der Waals surface area contributed by atoms with E-state index in [-0.39, 0.29) is 0 Å². The molecule has 16 heavy (non-hydrogen) atoms. The minimum atomic E-state index is -0.962. The number of aromatic nitrogens is 1. The van der Waals surface area contributed by atoms with Gasteiger partial charge in [0.25, 0.3) is 0 Å². The number of aryl methyl sites for hydroxylation is 1. The van der Waals surface area contributed by atoms with E-state index in [0.717, 1.165) is 22.7 Å². The summed E-state index contributed by atoms with van der Waals surface area (Å²) in [4.78, 5) is 10.4. The Morgan fingerprint density at radius 1 is 1.50 bits per heavy atom. The summed E-state index contributed by atoms with van der Waals surface area (Å²) < 4.78 is 1.87. The van der Waals surface area contributed by atoms with E-state index in [2.05, 4.69) is 0 Å². The predicted octanol–water partition coefficient (Wildman–Crippen LogP) is 2.93. The van der Waals surface area contributed by atoms with E-state index in [1.807, 2.05) is 35.9 Å². The van der Waals surface area contributed by atoms with Crippen LogP contribution in [0.4, 0.5) is 0 Å². The average Bonchev–Trinajstić information content (AvgIpc) is 2.54. The van der Waals surface area contributed by atoms with Crippen LogP contribution in [0.25, 0.3) is 17.0 Å². The number of hydrogen-bond acceptors (Lipinski definition) is 1. The van der Waals surface area contributed by atoms with Crippen molar-refractivity contribution in [1.82, 2.24) is 4.57 Å². The molecule has 2 rings (SSSR count). The van der Waals surface area contributed by atoms with Gasteiger partial charge in [0.1, 0.15) is 0 Å². The molecule has 3 nitrogen and oxygen atoms in total. The molecule has 0 aliphatic rings. The minimum Gasteiger partial charge on any atom is -0.478 e. The van der Waals surface area contributed by atoms with Crippen LogP contribution in [-0.4, -0.2) is 15.6 Å². The number of rotatable bonds is 2. The number of nitrogens with zero attached hydrogens (tertiary/aromatic N) is 1. The quantitative estimate of drug-likeness (QED) is 0.814. The van der Waals surface area contributed by atoms with Crippen molar-refractivity contribution in [1.29, 1.82) is 0 Å². The molecule has 0 amide bonds. The first-order chi connectivity index (χ1) is 7.59. The standard InChI is InChI=1S/C12H10ClNO2/c1-14-9(5-6-11(15)16)7-8-3-2-4-10(13)12(8)14/h2-7H,1H3,(H,15,16)/b6-5+. The second-order valence-electron chi connectivity index (χ2n) is 3.48. The third-order valence-corrected chi connectivity index (χ3v) is 2.75. The van der Waals surface area contributed by atoms with Crippen LogP contribution in [0.15, 0.2) is 30.3 Å².